The van der Waals surface area contributed by atoms with Crippen LogP contribution in [-0.2, 0) is 6.18 Å². The molecule has 4 aromatic rings. The number of piperazine rings is 1. The van der Waals surface area contributed by atoms with Gasteiger partial charge in [0, 0.05) is 47.1 Å². The first kappa shape index (κ1) is 23.8. The highest BCUT2D eigenvalue weighted by atomic mass is 19.4. The van der Waals surface area contributed by atoms with Crippen LogP contribution < -0.4 is 4.90 Å². The van der Waals surface area contributed by atoms with E-state index in [2.05, 4.69) is 22.0 Å². The molecule has 1 aliphatic heterocycles. The average Bonchev–Trinajstić information content (AvgIpc) is 2.89. The van der Waals surface area contributed by atoms with E-state index in [1.807, 2.05) is 66.4 Å². The first-order chi connectivity index (χ1) is 17.2. The van der Waals surface area contributed by atoms with Crippen LogP contribution in [0.3, 0.4) is 0 Å². The number of halogens is 3. The number of nitrogens with zero attached hydrogens (tertiary/aromatic N) is 4. The van der Waals surface area contributed by atoms with Crippen molar-refractivity contribution in [1.29, 1.82) is 0 Å². The minimum atomic E-state index is -4.40. The summed E-state index contributed by atoms with van der Waals surface area (Å²) in [6.45, 7) is 5.19. The number of hydrogen-bond donors (Lipinski definition) is 0. The third-order valence-corrected chi connectivity index (χ3v) is 6.69. The fraction of sp³-hybridized carbons (Fsp3) is 0.250. The van der Waals surface area contributed by atoms with Gasteiger partial charge >= 0.3 is 6.18 Å². The molecular formula is C28H25F3N4O. The Balaban J connectivity index is 1.47. The van der Waals surface area contributed by atoms with Gasteiger partial charge in [0.1, 0.15) is 5.69 Å². The molecule has 1 aromatic heterocycles. The lowest BCUT2D eigenvalue weighted by Crippen LogP contribution is -2.58. The maximum Gasteiger partial charge on any atom is 0.416 e. The van der Waals surface area contributed by atoms with E-state index in [0.29, 0.717) is 35.7 Å². The lowest BCUT2D eigenvalue weighted by atomic mass is 10.0. The monoisotopic (exact) mass is 490 g/mol. The molecule has 0 saturated carbocycles. The average molecular weight is 491 g/mol. The van der Waals surface area contributed by atoms with E-state index < -0.39 is 11.7 Å². The van der Waals surface area contributed by atoms with Crippen molar-refractivity contribution in [1.82, 2.24) is 15.1 Å². The van der Waals surface area contributed by atoms with Crippen molar-refractivity contribution < 1.29 is 18.0 Å². The second-order valence-corrected chi connectivity index (χ2v) is 9.17. The van der Waals surface area contributed by atoms with E-state index in [9.17, 15) is 18.0 Å². The van der Waals surface area contributed by atoms with Gasteiger partial charge in [0.25, 0.3) is 5.91 Å². The Kier molecular flexibility index (Phi) is 6.12. The normalized spacial score (nSPS) is 18.5. The van der Waals surface area contributed by atoms with Crippen molar-refractivity contribution in [3.63, 3.8) is 0 Å². The highest BCUT2D eigenvalue weighted by molar-refractivity contribution is 6.00. The maximum absolute atomic E-state index is 13.1. The van der Waals surface area contributed by atoms with Crippen LogP contribution in [-0.4, -0.2) is 46.2 Å². The molecule has 0 radical (unpaired) electrons. The van der Waals surface area contributed by atoms with Crippen molar-refractivity contribution in [2.45, 2.75) is 32.1 Å². The molecule has 5 nitrogen and oxygen atoms in total. The molecule has 2 atom stereocenters. The van der Waals surface area contributed by atoms with Crippen molar-refractivity contribution in [2.75, 3.05) is 18.0 Å². The smallest absolute Gasteiger partial charge is 0.348 e. The predicted octanol–water partition coefficient (Wildman–Crippen LogP) is 6.06. The number of anilines is 1. The van der Waals surface area contributed by atoms with E-state index in [-0.39, 0.29) is 18.0 Å². The fourth-order valence-electron chi connectivity index (χ4n) is 4.78. The van der Waals surface area contributed by atoms with Crippen LogP contribution in [0.25, 0.3) is 22.0 Å². The van der Waals surface area contributed by atoms with E-state index in [0.717, 1.165) is 22.9 Å². The second-order valence-electron chi connectivity index (χ2n) is 9.17. The van der Waals surface area contributed by atoms with E-state index >= 15 is 0 Å². The molecule has 1 fully saturated rings. The lowest BCUT2D eigenvalue weighted by Gasteiger charge is -2.44. The molecule has 1 unspecified atom stereocenters. The Hall–Kier alpha value is -3.94. The summed E-state index contributed by atoms with van der Waals surface area (Å²) in [6, 6.07) is 21.8. The van der Waals surface area contributed by atoms with E-state index in [1.54, 1.807) is 0 Å². The topological polar surface area (TPSA) is 49.3 Å². The van der Waals surface area contributed by atoms with Crippen LogP contribution in [0.4, 0.5) is 19.0 Å². The maximum atomic E-state index is 13.1. The molecule has 0 N–H and O–H groups in total. The molecule has 8 heteroatoms. The number of rotatable bonds is 3. The molecule has 2 heterocycles. The van der Waals surface area contributed by atoms with Gasteiger partial charge in [-0.1, -0.05) is 54.6 Å². The van der Waals surface area contributed by atoms with Crippen LogP contribution in [0, 0.1) is 0 Å². The van der Waals surface area contributed by atoms with Crippen molar-refractivity contribution in [3.8, 4) is 11.3 Å². The summed E-state index contributed by atoms with van der Waals surface area (Å²) in [5.41, 5.74) is 1.06. The summed E-state index contributed by atoms with van der Waals surface area (Å²) in [7, 11) is 0. The van der Waals surface area contributed by atoms with E-state index in [1.165, 1.54) is 12.1 Å². The Bertz CT molecular complexity index is 1390. The number of alkyl halides is 3. The number of aromatic nitrogens is 2. The first-order valence-corrected chi connectivity index (χ1v) is 11.8. The standard InChI is InChI=1S/C28H25F3N4O/c1-18-17-35(27(36)21-8-4-3-5-9-21)19(2)16-34(18)26-24-11-7-6-10-23(24)25(32-33-26)20-12-14-22(15-13-20)28(29,30)31/h3-15,18-19H,16-17H2,1-2H3/t18-,19?/m0/s1. The third kappa shape index (κ3) is 4.39. The molecule has 1 amide bonds. The van der Waals surface area contributed by atoms with Crippen LogP contribution in [0.1, 0.15) is 29.8 Å². The largest absolute Gasteiger partial charge is 0.416 e. The van der Waals surface area contributed by atoms with Gasteiger partial charge in [-0.3, -0.25) is 4.79 Å². The van der Waals surface area contributed by atoms with Crippen molar-refractivity contribution in [2.24, 2.45) is 0 Å². The van der Waals surface area contributed by atoms with Crippen LogP contribution >= 0.6 is 0 Å². The number of amides is 1. The molecule has 184 valence electrons. The van der Waals surface area contributed by atoms with Gasteiger partial charge in [-0.05, 0) is 38.1 Å². The van der Waals surface area contributed by atoms with Gasteiger partial charge in [-0.25, -0.2) is 0 Å². The van der Waals surface area contributed by atoms with Crippen LogP contribution in [0.2, 0.25) is 0 Å². The molecule has 0 bridgehead atoms. The number of carbonyl (C=O) groups excluding carboxylic acids is 1. The number of benzene rings is 3. The summed E-state index contributed by atoms with van der Waals surface area (Å²) >= 11 is 0. The highest BCUT2D eigenvalue weighted by Gasteiger charge is 2.34. The van der Waals surface area contributed by atoms with E-state index in [4.69, 9.17) is 0 Å². The summed E-state index contributed by atoms with van der Waals surface area (Å²) < 4.78 is 39.1. The summed E-state index contributed by atoms with van der Waals surface area (Å²) in [4.78, 5) is 17.2. The molecule has 0 spiro atoms. The second kappa shape index (κ2) is 9.26. The fourth-order valence-corrected chi connectivity index (χ4v) is 4.78. The van der Waals surface area contributed by atoms with Crippen molar-refractivity contribution >= 4 is 22.5 Å². The van der Waals surface area contributed by atoms with Crippen LogP contribution in [0.15, 0.2) is 78.9 Å². The van der Waals surface area contributed by atoms with Gasteiger partial charge in [0.15, 0.2) is 5.82 Å². The van der Waals surface area contributed by atoms with Gasteiger partial charge < -0.3 is 9.80 Å². The zero-order valence-corrected chi connectivity index (χ0v) is 19.9. The van der Waals surface area contributed by atoms with Gasteiger partial charge in [-0.2, -0.15) is 13.2 Å². The zero-order valence-electron chi connectivity index (χ0n) is 19.9. The molecule has 36 heavy (non-hydrogen) atoms. The molecule has 1 saturated heterocycles. The first-order valence-electron chi connectivity index (χ1n) is 11.8. The Morgan fingerprint density at radius 2 is 1.44 bits per heavy atom. The lowest BCUT2D eigenvalue weighted by molar-refractivity contribution is -0.137. The Morgan fingerprint density at radius 1 is 0.806 bits per heavy atom. The molecule has 3 aromatic carbocycles. The Morgan fingerprint density at radius 3 is 2.11 bits per heavy atom. The van der Waals surface area contributed by atoms with Gasteiger partial charge in [0.05, 0.1) is 5.56 Å². The van der Waals surface area contributed by atoms with Gasteiger partial charge in [-0.15, -0.1) is 10.2 Å². The molecule has 5 rings (SSSR count). The minimum absolute atomic E-state index is 0.00296. The summed E-state index contributed by atoms with van der Waals surface area (Å²) in [5, 5.41) is 10.7. The predicted molar refractivity (Wildman–Crippen MR) is 134 cm³/mol. The quantitative estimate of drug-likeness (QED) is 0.351. The summed E-state index contributed by atoms with van der Waals surface area (Å²) in [5.74, 6) is 0.704. The molecule has 1 aliphatic rings. The SMILES string of the molecule is CC1CN(c2nnc(-c3ccc(C(F)(F)F)cc3)c3ccccc23)[C@@H](C)CN1C(=O)c1ccccc1. The van der Waals surface area contributed by atoms with Gasteiger partial charge in [0.2, 0.25) is 0 Å². The number of hydrogen-bond acceptors (Lipinski definition) is 4. The number of fused-ring (bicyclic) bond motifs is 1. The summed E-state index contributed by atoms with van der Waals surface area (Å²) in [6.07, 6.45) is -4.40. The minimum Gasteiger partial charge on any atom is -0.348 e. The number of carbonyl (C=O) groups is 1. The Labute approximate surface area is 207 Å². The molecule has 0 aliphatic carbocycles. The van der Waals surface area contributed by atoms with Crippen LogP contribution in [0.5, 0.6) is 0 Å². The highest BCUT2D eigenvalue weighted by Crippen LogP contribution is 2.35. The van der Waals surface area contributed by atoms with Crippen molar-refractivity contribution in [3.05, 3.63) is 90.0 Å². The third-order valence-electron chi connectivity index (χ3n) is 6.69. The zero-order chi connectivity index (χ0) is 25.4. The molecular weight excluding hydrogens is 465 g/mol.